The van der Waals surface area contributed by atoms with Crippen LogP contribution in [0.25, 0.3) is 10.9 Å². The minimum Gasteiger partial charge on any atom is -0.314 e. The Morgan fingerprint density at radius 3 is 2.71 bits per heavy atom. The Kier molecular flexibility index (Phi) is 4.16. The molecule has 2 aromatic rings. The van der Waals surface area contributed by atoms with E-state index in [1.807, 2.05) is 18.2 Å². The van der Waals surface area contributed by atoms with Crippen LogP contribution in [0.2, 0.25) is 5.15 Å². The monoisotopic (exact) mass is 303 g/mol. The van der Waals surface area contributed by atoms with E-state index in [0.29, 0.717) is 5.15 Å². The van der Waals surface area contributed by atoms with Crippen molar-refractivity contribution in [3.8, 4) is 0 Å². The van der Waals surface area contributed by atoms with Crippen molar-refractivity contribution in [2.45, 2.75) is 31.8 Å². The number of halogens is 1. The molecule has 0 radical (unpaired) electrons. The van der Waals surface area contributed by atoms with E-state index >= 15 is 0 Å². The van der Waals surface area contributed by atoms with Crippen LogP contribution < -0.4 is 5.32 Å². The summed E-state index contributed by atoms with van der Waals surface area (Å²) >= 11 is 6.36. The number of likely N-dealkylation sites (tertiary alicyclic amines) is 1. The van der Waals surface area contributed by atoms with E-state index in [1.54, 1.807) is 0 Å². The Balaban J connectivity index is 1.75. The van der Waals surface area contributed by atoms with Gasteiger partial charge in [-0.2, -0.15) is 0 Å². The smallest absolute Gasteiger partial charge is 0.134 e. The highest BCUT2D eigenvalue weighted by molar-refractivity contribution is 6.30. The summed E-state index contributed by atoms with van der Waals surface area (Å²) in [5.41, 5.74) is 2.37. The van der Waals surface area contributed by atoms with Crippen LogP contribution in [0.4, 0.5) is 0 Å². The van der Waals surface area contributed by atoms with Gasteiger partial charge in [-0.15, -0.1) is 0 Å². The number of nitrogens with one attached hydrogen (secondary N) is 1. The van der Waals surface area contributed by atoms with Gasteiger partial charge in [0.2, 0.25) is 0 Å². The van der Waals surface area contributed by atoms with Gasteiger partial charge in [0.05, 0.1) is 5.52 Å². The number of hydrogen-bond donors (Lipinski definition) is 1. The lowest BCUT2D eigenvalue weighted by Crippen LogP contribution is -2.49. The third kappa shape index (κ3) is 3.20. The maximum atomic E-state index is 6.36. The zero-order chi connectivity index (χ0) is 14.9. The molecule has 2 heterocycles. The molecule has 1 N–H and O–H groups in total. The molecular formula is C17H22ClN3. The van der Waals surface area contributed by atoms with Crippen LogP contribution >= 0.6 is 11.6 Å². The first-order valence-electron chi connectivity index (χ1n) is 7.55. The van der Waals surface area contributed by atoms with Gasteiger partial charge in [0.25, 0.3) is 0 Å². The third-order valence-corrected chi connectivity index (χ3v) is 5.03. The van der Waals surface area contributed by atoms with Crippen molar-refractivity contribution in [2.75, 3.05) is 20.1 Å². The zero-order valence-electron chi connectivity index (χ0n) is 12.7. The number of hydrogen-bond acceptors (Lipinski definition) is 3. The van der Waals surface area contributed by atoms with Crippen molar-refractivity contribution in [3.63, 3.8) is 0 Å². The predicted molar refractivity (Wildman–Crippen MR) is 88.7 cm³/mol. The normalized spacial score (nSPS) is 19.0. The lowest BCUT2D eigenvalue weighted by molar-refractivity contribution is 0.146. The van der Waals surface area contributed by atoms with Crippen LogP contribution in [0, 0.1) is 0 Å². The van der Waals surface area contributed by atoms with Crippen molar-refractivity contribution in [3.05, 3.63) is 41.0 Å². The van der Waals surface area contributed by atoms with E-state index in [9.17, 15) is 0 Å². The first-order chi connectivity index (χ1) is 10.1. The van der Waals surface area contributed by atoms with E-state index in [-0.39, 0.29) is 5.54 Å². The summed E-state index contributed by atoms with van der Waals surface area (Å²) in [6, 6.07) is 10.3. The first kappa shape index (κ1) is 14.8. The van der Waals surface area contributed by atoms with Gasteiger partial charge in [0, 0.05) is 36.1 Å². The van der Waals surface area contributed by atoms with Gasteiger partial charge in [-0.1, -0.05) is 29.8 Å². The maximum absolute atomic E-state index is 6.36. The number of para-hydroxylation sites is 1. The molecule has 112 valence electrons. The number of fused-ring (bicyclic) bond motifs is 1. The second kappa shape index (κ2) is 5.91. The predicted octanol–water partition coefficient (Wildman–Crippen LogP) is 3.46. The summed E-state index contributed by atoms with van der Waals surface area (Å²) < 4.78 is 0. The highest BCUT2D eigenvalue weighted by Crippen LogP contribution is 2.25. The van der Waals surface area contributed by atoms with E-state index in [2.05, 4.69) is 41.3 Å². The standard InChI is InChI=1S/C17H22ClN3/c1-17(19-2)7-9-21(10-8-17)12-14-11-13-5-3-4-6-15(13)20-16(14)18/h3-6,11,19H,7-10,12H2,1-2H3. The molecule has 3 rings (SSSR count). The fourth-order valence-electron chi connectivity index (χ4n) is 2.94. The van der Waals surface area contributed by atoms with Crippen LogP contribution in [0.1, 0.15) is 25.3 Å². The Morgan fingerprint density at radius 1 is 1.29 bits per heavy atom. The zero-order valence-corrected chi connectivity index (χ0v) is 13.5. The quantitative estimate of drug-likeness (QED) is 0.880. The minimum absolute atomic E-state index is 0.280. The summed E-state index contributed by atoms with van der Waals surface area (Å²) in [5, 5.41) is 5.23. The number of benzene rings is 1. The molecule has 0 amide bonds. The molecule has 1 saturated heterocycles. The number of piperidine rings is 1. The van der Waals surface area contributed by atoms with E-state index in [0.717, 1.165) is 36.1 Å². The summed E-state index contributed by atoms with van der Waals surface area (Å²) in [6.45, 7) is 5.38. The average molecular weight is 304 g/mol. The Bertz CT molecular complexity index is 633. The second-order valence-electron chi connectivity index (χ2n) is 6.22. The van der Waals surface area contributed by atoms with Gasteiger partial charge in [-0.25, -0.2) is 4.98 Å². The fraction of sp³-hybridized carbons (Fsp3) is 0.471. The van der Waals surface area contributed by atoms with Crippen LogP contribution in [0.5, 0.6) is 0 Å². The summed E-state index contributed by atoms with van der Waals surface area (Å²) in [5.74, 6) is 0. The molecule has 1 aromatic heterocycles. The third-order valence-electron chi connectivity index (χ3n) is 4.71. The molecule has 0 unspecified atom stereocenters. The van der Waals surface area contributed by atoms with Gasteiger partial charge < -0.3 is 5.32 Å². The van der Waals surface area contributed by atoms with Crippen LogP contribution in [-0.4, -0.2) is 35.6 Å². The van der Waals surface area contributed by atoms with Crippen molar-refractivity contribution in [1.82, 2.24) is 15.2 Å². The lowest BCUT2D eigenvalue weighted by Gasteiger charge is -2.39. The van der Waals surface area contributed by atoms with Gasteiger partial charge >= 0.3 is 0 Å². The van der Waals surface area contributed by atoms with E-state index in [4.69, 9.17) is 11.6 Å². The Morgan fingerprint density at radius 2 is 2.00 bits per heavy atom. The van der Waals surface area contributed by atoms with Crippen LogP contribution in [0.3, 0.4) is 0 Å². The molecule has 1 aliphatic heterocycles. The molecule has 0 atom stereocenters. The second-order valence-corrected chi connectivity index (χ2v) is 6.58. The summed E-state index contributed by atoms with van der Waals surface area (Å²) in [7, 11) is 2.06. The molecule has 0 bridgehead atoms. The van der Waals surface area contributed by atoms with Crippen molar-refractivity contribution in [2.24, 2.45) is 0 Å². The topological polar surface area (TPSA) is 28.2 Å². The number of pyridine rings is 1. The van der Waals surface area contributed by atoms with Crippen LogP contribution in [-0.2, 0) is 6.54 Å². The van der Waals surface area contributed by atoms with Gasteiger partial charge in [0.15, 0.2) is 0 Å². The SMILES string of the molecule is CNC1(C)CCN(Cc2cc3ccccc3nc2Cl)CC1. The van der Waals surface area contributed by atoms with Gasteiger partial charge in [-0.05, 0) is 38.9 Å². The van der Waals surface area contributed by atoms with E-state index in [1.165, 1.54) is 12.8 Å². The maximum Gasteiger partial charge on any atom is 0.134 e. The molecule has 0 aliphatic carbocycles. The van der Waals surface area contributed by atoms with Crippen molar-refractivity contribution in [1.29, 1.82) is 0 Å². The molecule has 0 spiro atoms. The Labute approximate surface area is 131 Å². The van der Waals surface area contributed by atoms with E-state index < -0.39 is 0 Å². The number of rotatable bonds is 3. The lowest BCUT2D eigenvalue weighted by atomic mass is 9.90. The molecule has 0 saturated carbocycles. The van der Waals surface area contributed by atoms with Crippen LogP contribution in [0.15, 0.2) is 30.3 Å². The summed E-state index contributed by atoms with van der Waals surface area (Å²) in [4.78, 5) is 6.98. The number of aromatic nitrogens is 1. The largest absolute Gasteiger partial charge is 0.314 e. The van der Waals surface area contributed by atoms with Gasteiger partial charge in [-0.3, -0.25) is 4.90 Å². The molecule has 1 fully saturated rings. The highest BCUT2D eigenvalue weighted by Gasteiger charge is 2.28. The van der Waals surface area contributed by atoms with Gasteiger partial charge in [0.1, 0.15) is 5.15 Å². The first-order valence-corrected chi connectivity index (χ1v) is 7.93. The molecule has 3 nitrogen and oxygen atoms in total. The number of nitrogens with zero attached hydrogens (tertiary/aromatic N) is 2. The fourth-order valence-corrected chi connectivity index (χ4v) is 3.15. The molecule has 4 heteroatoms. The Hall–Kier alpha value is -1.16. The molecule has 1 aliphatic rings. The molecular weight excluding hydrogens is 282 g/mol. The molecule has 21 heavy (non-hydrogen) atoms. The molecule has 1 aromatic carbocycles. The van der Waals surface area contributed by atoms with Crippen molar-refractivity contribution >= 4 is 22.5 Å². The highest BCUT2D eigenvalue weighted by atomic mass is 35.5. The summed E-state index contributed by atoms with van der Waals surface area (Å²) in [6.07, 6.45) is 2.34. The van der Waals surface area contributed by atoms with Crippen molar-refractivity contribution < 1.29 is 0 Å². The minimum atomic E-state index is 0.280. The average Bonchev–Trinajstić information content (AvgIpc) is 2.50.